The Hall–Kier alpha value is -2.97. The highest BCUT2D eigenvalue weighted by Gasteiger charge is 2.26. The summed E-state index contributed by atoms with van der Waals surface area (Å²) in [5, 5.41) is 2.80. The van der Waals surface area contributed by atoms with E-state index in [9.17, 15) is 13.2 Å². The smallest absolute Gasteiger partial charge is 0.243 e. The van der Waals surface area contributed by atoms with Crippen molar-refractivity contribution in [3.63, 3.8) is 0 Å². The van der Waals surface area contributed by atoms with Gasteiger partial charge in [0.05, 0.1) is 11.1 Å². The summed E-state index contributed by atoms with van der Waals surface area (Å²) in [6, 6.07) is 14.5. The Labute approximate surface area is 194 Å². The third kappa shape index (κ3) is 5.51. The molecule has 1 aromatic heterocycles. The first-order chi connectivity index (χ1) is 15.8. The molecule has 2 heterocycles. The van der Waals surface area contributed by atoms with Crippen LogP contribution in [0.1, 0.15) is 50.5 Å². The fraction of sp³-hybridized carbons (Fsp3) is 0.360. The van der Waals surface area contributed by atoms with Crippen LogP contribution in [-0.2, 0) is 21.2 Å². The van der Waals surface area contributed by atoms with E-state index < -0.39 is 10.0 Å². The molecule has 0 bridgehead atoms. The van der Waals surface area contributed by atoms with Gasteiger partial charge in [0, 0.05) is 37.2 Å². The lowest BCUT2D eigenvalue weighted by molar-refractivity contribution is -0.116. The van der Waals surface area contributed by atoms with Gasteiger partial charge in [-0.1, -0.05) is 38.1 Å². The monoisotopic (exact) mass is 467 g/mol. The number of hydrogen-bond acceptors (Lipinski definition) is 5. The third-order valence-electron chi connectivity index (χ3n) is 5.82. The van der Waals surface area contributed by atoms with Crippen molar-refractivity contribution in [1.29, 1.82) is 0 Å². The summed E-state index contributed by atoms with van der Waals surface area (Å²) in [5.74, 6) is 1.45. The van der Waals surface area contributed by atoms with Crippen molar-refractivity contribution >= 4 is 21.6 Å². The zero-order valence-electron chi connectivity index (χ0n) is 19.0. The van der Waals surface area contributed by atoms with Crippen molar-refractivity contribution in [3.05, 3.63) is 66.2 Å². The van der Waals surface area contributed by atoms with Crippen LogP contribution in [0.4, 0.5) is 5.69 Å². The average Bonchev–Trinajstić information content (AvgIpc) is 3.51. The van der Waals surface area contributed by atoms with Crippen molar-refractivity contribution in [2.45, 2.75) is 50.3 Å². The second-order valence-electron chi connectivity index (χ2n) is 8.58. The molecule has 3 aromatic rings. The number of hydrogen-bond donors (Lipinski definition) is 1. The van der Waals surface area contributed by atoms with E-state index in [0.29, 0.717) is 42.8 Å². The molecule has 1 aliphatic heterocycles. The number of amides is 1. The van der Waals surface area contributed by atoms with Crippen LogP contribution in [0.3, 0.4) is 0 Å². The molecule has 0 unspecified atom stereocenters. The zero-order chi connectivity index (χ0) is 23.4. The van der Waals surface area contributed by atoms with E-state index in [0.717, 1.165) is 18.4 Å². The second kappa shape index (κ2) is 9.89. The number of benzene rings is 2. The third-order valence-corrected chi connectivity index (χ3v) is 7.74. The molecular weight excluding hydrogens is 438 g/mol. The van der Waals surface area contributed by atoms with Gasteiger partial charge in [-0.05, 0) is 48.6 Å². The Morgan fingerprint density at radius 3 is 2.36 bits per heavy atom. The lowest BCUT2D eigenvalue weighted by Gasteiger charge is -2.15. The molecule has 2 aromatic carbocycles. The molecule has 1 fully saturated rings. The van der Waals surface area contributed by atoms with Crippen molar-refractivity contribution in [1.82, 2.24) is 9.29 Å². The maximum atomic E-state index is 12.6. The van der Waals surface area contributed by atoms with Crippen LogP contribution in [0, 0.1) is 0 Å². The summed E-state index contributed by atoms with van der Waals surface area (Å²) in [4.78, 5) is 16.9. The number of oxazole rings is 1. The van der Waals surface area contributed by atoms with Crippen molar-refractivity contribution < 1.29 is 17.6 Å². The summed E-state index contributed by atoms with van der Waals surface area (Å²) in [5.41, 5.74) is 2.77. The molecular formula is C25H29N3O4S. The van der Waals surface area contributed by atoms with Crippen LogP contribution >= 0.6 is 0 Å². The maximum absolute atomic E-state index is 12.6. The van der Waals surface area contributed by atoms with E-state index in [-0.39, 0.29) is 17.2 Å². The Morgan fingerprint density at radius 1 is 1.06 bits per heavy atom. The molecule has 7 nitrogen and oxygen atoms in total. The molecule has 0 atom stereocenters. The first kappa shape index (κ1) is 23.2. The molecule has 8 heteroatoms. The highest BCUT2D eigenvalue weighted by atomic mass is 32.2. The minimum Gasteiger partial charge on any atom is -0.441 e. The fourth-order valence-corrected chi connectivity index (χ4v) is 5.34. The molecule has 1 amide bonds. The molecule has 0 saturated carbocycles. The lowest BCUT2D eigenvalue weighted by Crippen LogP contribution is -2.27. The van der Waals surface area contributed by atoms with E-state index in [1.807, 2.05) is 12.1 Å². The Morgan fingerprint density at radius 2 is 1.73 bits per heavy atom. The number of sulfonamides is 1. The summed E-state index contributed by atoms with van der Waals surface area (Å²) >= 11 is 0. The van der Waals surface area contributed by atoms with Gasteiger partial charge in [-0.25, -0.2) is 13.4 Å². The standard InChI is InChI=1S/C25H29N3O4S/c1-18(2)19-5-7-20(8-6-19)23-17-26-25(32-23)14-13-24(29)27-21-9-11-22(12-10-21)33(30,31)28-15-3-4-16-28/h5-12,17-18H,3-4,13-16H2,1-2H3,(H,27,29). The van der Waals surface area contributed by atoms with E-state index in [1.54, 1.807) is 18.3 Å². The van der Waals surface area contributed by atoms with Crippen molar-refractivity contribution in [3.8, 4) is 11.3 Å². The van der Waals surface area contributed by atoms with Crippen LogP contribution in [0.15, 0.2) is 64.0 Å². The Bertz CT molecular complexity index is 1190. The number of anilines is 1. The number of carbonyl (C=O) groups excluding carboxylic acids is 1. The van der Waals surface area contributed by atoms with Crippen LogP contribution in [-0.4, -0.2) is 36.7 Å². The second-order valence-corrected chi connectivity index (χ2v) is 10.5. The van der Waals surface area contributed by atoms with Gasteiger partial charge in [-0.3, -0.25) is 4.79 Å². The summed E-state index contributed by atoms with van der Waals surface area (Å²) in [6.45, 7) is 5.42. The molecule has 4 rings (SSSR count). The van der Waals surface area contributed by atoms with E-state index in [4.69, 9.17) is 4.42 Å². The zero-order valence-corrected chi connectivity index (χ0v) is 19.8. The molecule has 1 N–H and O–H groups in total. The van der Waals surface area contributed by atoms with Gasteiger partial charge < -0.3 is 9.73 Å². The quantitative estimate of drug-likeness (QED) is 0.513. The summed E-state index contributed by atoms with van der Waals surface area (Å²) in [7, 11) is -3.46. The molecule has 0 radical (unpaired) electrons. The SMILES string of the molecule is CC(C)c1ccc(-c2cnc(CCC(=O)Nc3ccc(S(=O)(=O)N4CCCC4)cc3)o2)cc1. The largest absolute Gasteiger partial charge is 0.441 e. The maximum Gasteiger partial charge on any atom is 0.243 e. The predicted molar refractivity (Wildman–Crippen MR) is 127 cm³/mol. The first-order valence-electron chi connectivity index (χ1n) is 11.3. The topological polar surface area (TPSA) is 92.5 Å². The Kier molecular flexibility index (Phi) is 6.95. The van der Waals surface area contributed by atoms with E-state index in [1.165, 1.54) is 22.0 Å². The lowest BCUT2D eigenvalue weighted by atomic mass is 10.0. The minimum atomic E-state index is -3.46. The number of nitrogens with zero attached hydrogens (tertiary/aromatic N) is 2. The molecule has 0 aliphatic carbocycles. The molecule has 174 valence electrons. The number of aromatic nitrogens is 1. The van der Waals surface area contributed by atoms with Gasteiger partial charge in [0.1, 0.15) is 0 Å². The van der Waals surface area contributed by atoms with Crippen LogP contribution in [0.5, 0.6) is 0 Å². The van der Waals surface area contributed by atoms with Gasteiger partial charge in [0.25, 0.3) is 0 Å². The van der Waals surface area contributed by atoms with Gasteiger partial charge in [0.2, 0.25) is 15.9 Å². The average molecular weight is 468 g/mol. The number of nitrogens with one attached hydrogen (secondary N) is 1. The van der Waals surface area contributed by atoms with Gasteiger partial charge in [-0.15, -0.1) is 0 Å². The van der Waals surface area contributed by atoms with Gasteiger partial charge >= 0.3 is 0 Å². The first-order valence-corrected chi connectivity index (χ1v) is 12.7. The predicted octanol–water partition coefficient (Wildman–Crippen LogP) is 4.82. The van der Waals surface area contributed by atoms with E-state index in [2.05, 4.69) is 36.3 Å². The van der Waals surface area contributed by atoms with Gasteiger partial charge in [0.15, 0.2) is 11.7 Å². The van der Waals surface area contributed by atoms with Crippen LogP contribution in [0.2, 0.25) is 0 Å². The summed E-state index contributed by atoms with van der Waals surface area (Å²) in [6.07, 6.45) is 4.04. The van der Waals surface area contributed by atoms with Crippen LogP contribution < -0.4 is 5.32 Å². The molecule has 1 saturated heterocycles. The highest BCUT2D eigenvalue weighted by molar-refractivity contribution is 7.89. The Balaban J connectivity index is 1.31. The van der Waals surface area contributed by atoms with E-state index >= 15 is 0 Å². The fourth-order valence-electron chi connectivity index (χ4n) is 3.82. The molecule has 1 aliphatic rings. The molecule has 0 spiro atoms. The van der Waals surface area contributed by atoms with Crippen LogP contribution in [0.25, 0.3) is 11.3 Å². The van der Waals surface area contributed by atoms with Crippen molar-refractivity contribution in [2.24, 2.45) is 0 Å². The number of aryl methyl sites for hydroxylation is 1. The number of carbonyl (C=O) groups is 1. The van der Waals surface area contributed by atoms with Crippen molar-refractivity contribution in [2.75, 3.05) is 18.4 Å². The van der Waals surface area contributed by atoms with Gasteiger partial charge in [-0.2, -0.15) is 4.31 Å². The summed E-state index contributed by atoms with van der Waals surface area (Å²) < 4.78 is 32.5. The minimum absolute atomic E-state index is 0.189. The normalized spacial score (nSPS) is 14.6. The molecule has 33 heavy (non-hydrogen) atoms. The highest BCUT2D eigenvalue weighted by Crippen LogP contribution is 2.24. The number of rotatable bonds is 8.